The molecule has 2 atom stereocenters. The number of thiazole rings is 1. The number of aryl methyl sites for hydroxylation is 1. The Bertz CT molecular complexity index is 592. The number of ether oxygens (including phenoxy) is 1. The maximum atomic E-state index is 12.0. The molecule has 0 spiro atoms. The van der Waals surface area contributed by atoms with Crippen molar-refractivity contribution in [2.75, 3.05) is 32.5 Å². The molecule has 1 fully saturated rings. The molecular formula is C18H30N4O2S. The molecule has 1 aromatic rings. The summed E-state index contributed by atoms with van der Waals surface area (Å²) < 4.78 is 4.97. The molecule has 0 bridgehead atoms. The fraction of sp³-hybridized carbons (Fsp3) is 0.778. The van der Waals surface area contributed by atoms with E-state index in [1.807, 2.05) is 4.90 Å². The van der Waals surface area contributed by atoms with Crippen LogP contribution in [0.25, 0.3) is 0 Å². The Kier molecular flexibility index (Phi) is 6.17. The number of rotatable bonds is 5. The van der Waals surface area contributed by atoms with E-state index in [-0.39, 0.29) is 6.09 Å². The zero-order valence-electron chi connectivity index (χ0n) is 15.4. The number of anilines is 1. The third kappa shape index (κ3) is 4.26. The van der Waals surface area contributed by atoms with Crippen molar-refractivity contribution in [3.05, 3.63) is 10.6 Å². The van der Waals surface area contributed by atoms with Crippen molar-refractivity contribution in [3.63, 3.8) is 0 Å². The van der Waals surface area contributed by atoms with Crippen LogP contribution in [-0.4, -0.2) is 59.7 Å². The first-order valence-electron chi connectivity index (χ1n) is 9.45. The Hall–Kier alpha value is -1.34. The van der Waals surface area contributed by atoms with Crippen LogP contribution in [0.2, 0.25) is 0 Å². The van der Waals surface area contributed by atoms with E-state index in [9.17, 15) is 4.79 Å². The number of amides is 1. The van der Waals surface area contributed by atoms with Gasteiger partial charge in [0.05, 0.1) is 12.8 Å². The van der Waals surface area contributed by atoms with Crippen molar-refractivity contribution >= 4 is 22.6 Å². The number of fused-ring (bicyclic) bond motifs is 1. The van der Waals surface area contributed by atoms with Crippen LogP contribution in [0.4, 0.5) is 9.93 Å². The number of nitrogens with two attached hydrogens (primary N) is 1. The number of nitrogen functional groups attached to an aromatic ring is 1. The van der Waals surface area contributed by atoms with E-state index in [0.717, 1.165) is 58.2 Å². The summed E-state index contributed by atoms with van der Waals surface area (Å²) in [6.45, 7) is 5.13. The monoisotopic (exact) mass is 366 g/mol. The van der Waals surface area contributed by atoms with E-state index in [0.29, 0.717) is 17.2 Å². The van der Waals surface area contributed by atoms with Crippen LogP contribution >= 0.6 is 11.3 Å². The first-order valence-corrected chi connectivity index (χ1v) is 10.3. The smallest absolute Gasteiger partial charge is 0.409 e. The summed E-state index contributed by atoms with van der Waals surface area (Å²) in [5.74, 6) is 0. The number of aromatic nitrogens is 1. The van der Waals surface area contributed by atoms with Crippen LogP contribution in [-0.2, 0) is 17.6 Å². The van der Waals surface area contributed by atoms with Gasteiger partial charge in [-0.2, -0.15) is 0 Å². The Morgan fingerprint density at radius 2 is 2.28 bits per heavy atom. The van der Waals surface area contributed by atoms with Crippen LogP contribution < -0.4 is 5.73 Å². The normalized spacial score (nSPS) is 23.6. The molecule has 25 heavy (non-hydrogen) atoms. The summed E-state index contributed by atoms with van der Waals surface area (Å²) in [6, 6.07) is 0.876. The van der Waals surface area contributed by atoms with Crippen LogP contribution in [0.5, 0.6) is 0 Å². The lowest BCUT2D eigenvalue weighted by atomic mass is 9.95. The number of carbonyl (C=O) groups is 1. The van der Waals surface area contributed by atoms with Crippen LogP contribution in [0.1, 0.15) is 49.6 Å². The number of piperidine rings is 1. The van der Waals surface area contributed by atoms with Gasteiger partial charge in [0.15, 0.2) is 5.13 Å². The molecular weight excluding hydrogens is 336 g/mol. The van der Waals surface area contributed by atoms with Gasteiger partial charge in [0.1, 0.15) is 0 Å². The van der Waals surface area contributed by atoms with Crippen LogP contribution in [0.3, 0.4) is 0 Å². The first-order chi connectivity index (χ1) is 12.1. The summed E-state index contributed by atoms with van der Waals surface area (Å²) >= 11 is 1.65. The topological polar surface area (TPSA) is 71.7 Å². The SMILES string of the molecule is CCN(CCC1CCCCN1C(=O)OC)C1CCc2nc(N)sc2C1. The third-order valence-corrected chi connectivity index (χ3v) is 6.59. The second-order valence-electron chi connectivity index (χ2n) is 7.05. The highest BCUT2D eigenvalue weighted by Gasteiger charge is 2.30. The Balaban J connectivity index is 1.58. The lowest BCUT2D eigenvalue weighted by Crippen LogP contribution is -2.46. The zero-order chi connectivity index (χ0) is 17.8. The molecule has 0 aromatic carbocycles. The van der Waals surface area contributed by atoms with Gasteiger partial charge in [0, 0.05) is 30.1 Å². The van der Waals surface area contributed by atoms with Gasteiger partial charge in [-0.1, -0.05) is 6.92 Å². The van der Waals surface area contributed by atoms with Crippen molar-refractivity contribution in [2.45, 2.75) is 64.0 Å². The van der Waals surface area contributed by atoms with Gasteiger partial charge in [-0.25, -0.2) is 9.78 Å². The van der Waals surface area contributed by atoms with E-state index in [4.69, 9.17) is 10.5 Å². The molecule has 140 valence electrons. The van der Waals surface area contributed by atoms with E-state index >= 15 is 0 Å². The molecule has 1 saturated heterocycles. The lowest BCUT2D eigenvalue weighted by Gasteiger charge is -2.38. The molecule has 0 radical (unpaired) electrons. The molecule has 1 aliphatic carbocycles. The Labute approximate surface area is 154 Å². The van der Waals surface area contributed by atoms with E-state index in [1.54, 1.807) is 11.3 Å². The molecule has 7 heteroatoms. The minimum atomic E-state index is -0.171. The molecule has 3 rings (SSSR count). The van der Waals surface area contributed by atoms with Gasteiger partial charge >= 0.3 is 6.09 Å². The third-order valence-electron chi connectivity index (χ3n) is 5.64. The molecule has 1 aliphatic heterocycles. The number of likely N-dealkylation sites (N-methyl/N-ethyl adjacent to an activating group) is 1. The molecule has 2 N–H and O–H groups in total. The molecule has 1 aromatic heterocycles. The molecule has 1 amide bonds. The Morgan fingerprint density at radius 1 is 1.44 bits per heavy atom. The number of hydrogen-bond acceptors (Lipinski definition) is 6. The van der Waals surface area contributed by atoms with Gasteiger partial charge in [-0.3, -0.25) is 0 Å². The highest BCUT2D eigenvalue weighted by molar-refractivity contribution is 7.15. The lowest BCUT2D eigenvalue weighted by molar-refractivity contribution is 0.0789. The maximum absolute atomic E-state index is 12.0. The highest BCUT2D eigenvalue weighted by atomic mass is 32.1. The summed E-state index contributed by atoms with van der Waals surface area (Å²) in [4.78, 5) is 22.3. The largest absolute Gasteiger partial charge is 0.453 e. The van der Waals surface area contributed by atoms with Gasteiger partial charge in [-0.15, -0.1) is 11.3 Å². The predicted octanol–water partition coefficient (Wildman–Crippen LogP) is 2.92. The average Bonchev–Trinajstić information content (AvgIpc) is 3.01. The summed E-state index contributed by atoms with van der Waals surface area (Å²) in [6.07, 6.45) is 7.47. The zero-order valence-corrected chi connectivity index (χ0v) is 16.2. The molecule has 2 unspecified atom stereocenters. The van der Waals surface area contributed by atoms with Gasteiger partial charge in [-0.05, 0) is 51.5 Å². The van der Waals surface area contributed by atoms with Gasteiger partial charge in [0.25, 0.3) is 0 Å². The van der Waals surface area contributed by atoms with E-state index in [1.165, 1.54) is 24.1 Å². The van der Waals surface area contributed by atoms with E-state index < -0.39 is 0 Å². The highest BCUT2D eigenvalue weighted by Crippen LogP contribution is 2.30. The minimum absolute atomic E-state index is 0.171. The fourth-order valence-corrected chi connectivity index (χ4v) is 5.21. The molecule has 2 aliphatic rings. The number of nitrogens with zero attached hydrogens (tertiary/aromatic N) is 3. The summed E-state index contributed by atoms with van der Waals surface area (Å²) in [5.41, 5.74) is 7.08. The standard InChI is InChI=1S/C18H30N4O2S/c1-3-21(14-7-8-15-16(12-14)25-17(19)20-15)11-9-13-6-4-5-10-22(13)18(23)24-2/h13-14H,3-12H2,1-2H3,(H2,19,20). The maximum Gasteiger partial charge on any atom is 0.409 e. The number of likely N-dealkylation sites (tertiary alicyclic amines) is 1. The number of carbonyl (C=O) groups excluding carboxylic acids is 1. The van der Waals surface area contributed by atoms with Crippen molar-refractivity contribution in [2.24, 2.45) is 0 Å². The quantitative estimate of drug-likeness (QED) is 0.867. The molecule has 6 nitrogen and oxygen atoms in total. The average molecular weight is 367 g/mol. The van der Waals surface area contributed by atoms with E-state index in [2.05, 4.69) is 16.8 Å². The van der Waals surface area contributed by atoms with Gasteiger partial charge < -0.3 is 20.3 Å². The second kappa shape index (κ2) is 8.36. The van der Waals surface area contributed by atoms with Crippen LogP contribution in [0, 0.1) is 0 Å². The predicted molar refractivity (Wildman–Crippen MR) is 101 cm³/mol. The molecule has 2 heterocycles. The first kappa shape index (κ1) is 18.5. The van der Waals surface area contributed by atoms with Crippen molar-refractivity contribution < 1.29 is 9.53 Å². The molecule has 0 saturated carbocycles. The number of methoxy groups -OCH3 is 1. The van der Waals surface area contributed by atoms with Crippen molar-refractivity contribution in [1.29, 1.82) is 0 Å². The van der Waals surface area contributed by atoms with Gasteiger partial charge in [0.2, 0.25) is 0 Å². The minimum Gasteiger partial charge on any atom is -0.453 e. The summed E-state index contributed by atoms with van der Waals surface area (Å²) in [7, 11) is 1.48. The number of hydrogen-bond donors (Lipinski definition) is 1. The summed E-state index contributed by atoms with van der Waals surface area (Å²) in [5, 5.41) is 0.699. The second-order valence-corrected chi connectivity index (χ2v) is 8.16. The Morgan fingerprint density at radius 3 is 3.04 bits per heavy atom. The fourth-order valence-electron chi connectivity index (χ4n) is 4.26. The van der Waals surface area contributed by atoms with Crippen molar-refractivity contribution in [3.8, 4) is 0 Å². The van der Waals surface area contributed by atoms with Crippen LogP contribution in [0.15, 0.2) is 0 Å². The van der Waals surface area contributed by atoms with Crippen molar-refractivity contribution in [1.82, 2.24) is 14.8 Å².